The highest BCUT2D eigenvalue weighted by molar-refractivity contribution is 5.89. The third-order valence-electron chi connectivity index (χ3n) is 4.44. The van der Waals surface area contributed by atoms with E-state index >= 15 is 0 Å². The lowest BCUT2D eigenvalue weighted by molar-refractivity contribution is -0.130. The van der Waals surface area contributed by atoms with Gasteiger partial charge in [0.05, 0.1) is 5.92 Å². The monoisotopic (exact) mass is 302 g/mol. The van der Waals surface area contributed by atoms with Crippen LogP contribution < -0.4 is 5.32 Å². The largest absolute Gasteiger partial charge is 0.356 e. The summed E-state index contributed by atoms with van der Waals surface area (Å²) in [6.07, 6.45) is 3.17. The molecule has 1 aromatic rings. The molecule has 1 aliphatic rings. The van der Waals surface area contributed by atoms with Crippen LogP contribution in [0.25, 0.3) is 0 Å². The topological polar surface area (TPSA) is 49.4 Å². The average molecular weight is 302 g/mol. The highest BCUT2D eigenvalue weighted by Gasteiger charge is 2.35. The quantitative estimate of drug-likeness (QED) is 0.786. The Morgan fingerprint density at radius 3 is 2.77 bits per heavy atom. The molecular formula is C18H26N2O2. The van der Waals surface area contributed by atoms with E-state index in [4.69, 9.17) is 0 Å². The number of hydrogen-bond acceptors (Lipinski definition) is 2. The highest BCUT2D eigenvalue weighted by atomic mass is 16.2. The Balaban J connectivity index is 1.71. The van der Waals surface area contributed by atoms with Crippen LogP contribution in [0.15, 0.2) is 30.3 Å². The van der Waals surface area contributed by atoms with Crippen LogP contribution in [0.3, 0.4) is 0 Å². The number of nitrogens with zero attached hydrogens (tertiary/aromatic N) is 1. The molecule has 1 heterocycles. The minimum atomic E-state index is -0.182. The van der Waals surface area contributed by atoms with E-state index in [0.29, 0.717) is 19.5 Å². The maximum atomic E-state index is 12.2. The number of carbonyl (C=O) groups is 2. The first-order valence-corrected chi connectivity index (χ1v) is 8.23. The molecule has 22 heavy (non-hydrogen) atoms. The van der Waals surface area contributed by atoms with Crippen molar-refractivity contribution in [3.05, 3.63) is 35.9 Å². The first kappa shape index (κ1) is 16.5. The number of aryl methyl sites for hydroxylation is 1. The molecule has 4 nitrogen and oxygen atoms in total. The van der Waals surface area contributed by atoms with Gasteiger partial charge in [0.25, 0.3) is 0 Å². The summed E-state index contributed by atoms with van der Waals surface area (Å²) >= 11 is 0. The van der Waals surface area contributed by atoms with Gasteiger partial charge in [0.15, 0.2) is 0 Å². The maximum absolute atomic E-state index is 12.2. The Morgan fingerprint density at radius 1 is 1.36 bits per heavy atom. The number of carbonyl (C=O) groups excluding carboxylic acids is 2. The number of likely N-dealkylation sites (tertiary alicyclic amines) is 1. The Kier molecular flexibility index (Phi) is 5.99. The minimum Gasteiger partial charge on any atom is -0.356 e. The van der Waals surface area contributed by atoms with Gasteiger partial charge in [0, 0.05) is 25.6 Å². The van der Waals surface area contributed by atoms with Crippen molar-refractivity contribution in [1.82, 2.24) is 10.2 Å². The Morgan fingerprint density at radius 2 is 2.09 bits per heavy atom. The normalized spacial score (nSPS) is 19.3. The lowest BCUT2D eigenvalue weighted by Crippen LogP contribution is -2.36. The molecule has 0 bridgehead atoms. The molecule has 0 aliphatic carbocycles. The first-order chi connectivity index (χ1) is 10.6. The van der Waals surface area contributed by atoms with Crippen molar-refractivity contribution in [3.8, 4) is 0 Å². The SMILES string of the molecule is CCC(C)N1CC(C(=O)NCCCc2ccccc2)CC1=O. The zero-order valence-corrected chi connectivity index (χ0v) is 13.5. The Bertz CT molecular complexity index is 501. The van der Waals surface area contributed by atoms with Gasteiger partial charge >= 0.3 is 0 Å². The number of hydrogen-bond donors (Lipinski definition) is 1. The van der Waals surface area contributed by atoms with E-state index in [0.717, 1.165) is 19.3 Å². The van der Waals surface area contributed by atoms with Crippen LogP contribution in [0.4, 0.5) is 0 Å². The molecule has 2 unspecified atom stereocenters. The van der Waals surface area contributed by atoms with E-state index in [-0.39, 0.29) is 23.8 Å². The standard InChI is InChI=1S/C18H26N2O2/c1-3-14(2)20-13-16(12-17(20)21)18(22)19-11-7-10-15-8-5-4-6-9-15/h4-6,8-9,14,16H,3,7,10-13H2,1-2H3,(H,19,22). The van der Waals surface area contributed by atoms with Gasteiger partial charge in [-0.3, -0.25) is 9.59 Å². The van der Waals surface area contributed by atoms with Crippen LogP contribution in [0, 0.1) is 5.92 Å². The summed E-state index contributed by atoms with van der Waals surface area (Å²) in [5, 5.41) is 2.98. The molecule has 0 aromatic heterocycles. The fourth-order valence-corrected chi connectivity index (χ4v) is 2.85. The molecule has 0 spiro atoms. The first-order valence-electron chi connectivity index (χ1n) is 8.23. The van der Waals surface area contributed by atoms with Crippen molar-refractivity contribution >= 4 is 11.8 Å². The summed E-state index contributed by atoms with van der Waals surface area (Å²) in [5.74, 6) is -0.0516. The third-order valence-corrected chi connectivity index (χ3v) is 4.44. The summed E-state index contributed by atoms with van der Waals surface area (Å²) in [5.41, 5.74) is 1.29. The highest BCUT2D eigenvalue weighted by Crippen LogP contribution is 2.21. The van der Waals surface area contributed by atoms with Crippen LogP contribution in [0.5, 0.6) is 0 Å². The molecule has 1 fully saturated rings. The zero-order chi connectivity index (χ0) is 15.9. The molecule has 2 atom stereocenters. The van der Waals surface area contributed by atoms with Crippen molar-refractivity contribution in [2.24, 2.45) is 5.92 Å². The van der Waals surface area contributed by atoms with Gasteiger partial charge in [-0.2, -0.15) is 0 Å². The number of nitrogens with one attached hydrogen (secondary N) is 1. The van der Waals surface area contributed by atoms with E-state index < -0.39 is 0 Å². The molecule has 120 valence electrons. The fraction of sp³-hybridized carbons (Fsp3) is 0.556. The molecule has 1 aliphatic heterocycles. The van der Waals surface area contributed by atoms with Crippen LogP contribution >= 0.6 is 0 Å². The smallest absolute Gasteiger partial charge is 0.225 e. The molecule has 2 amide bonds. The molecule has 1 saturated heterocycles. The van der Waals surface area contributed by atoms with E-state index in [9.17, 15) is 9.59 Å². The van der Waals surface area contributed by atoms with Crippen LogP contribution in [0.2, 0.25) is 0 Å². The number of amides is 2. The van der Waals surface area contributed by atoms with Gasteiger partial charge in [-0.05, 0) is 31.7 Å². The number of rotatable bonds is 7. The summed E-state index contributed by atoms with van der Waals surface area (Å²) in [4.78, 5) is 26.0. The van der Waals surface area contributed by atoms with E-state index in [1.165, 1.54) is 5.56 Å². The van der Waals surface area contributed by atoms with E-state index in [2.05, 4.69) is 24.4 Å². The summed E-state index contributed by atoms with van der Waals surface area (Å²) in [6, 6.07) is 10.5. The predicted octanol–water partition coefficient (Wildman–Crippen LogP) is 2.38. The average Bonchev–Trinajstić information content (AvgIpc) is 2.93. The minimum absolute atomic E-state index is 0.0206. The maximum Gasteiger partial charge on any atom is 0.225 e. The fourth-order valence-electron chi connectivity index (χ4n) is 2.85. The summed E-state index contributed by atoms with van der Waals surface area (Å²) in [7, 11) is 0. The van der Waals surface area contributed by atoms with Crippen molar-refractivity contribution in [1.29, 1.82) is 0 Å². The van der Waals surface area contributed by atoms with Crippen LogP contribution in [-0.4, -0.2) is 35.8 Å². The molecule has 4 heteroatoms. The molecule has 2 rings (SSSR count). The molecule has 0 radical (unpaired) electrons. The Hall–Kier alpha value is -1.84. The third kappa shape index (κ3) is 4.33. The predicted molar refractivity (Wildman–Crippen MR) is 87.3 cm³/mol. The van der Waals surface area contributed by atoms with Gasteiger partial charge in [-0.15, -0.1) is 0 Å². The summed E-state index contributed by atoms with van der Waals surface area (Å²) in [6.45, 7) is 5.34. The second kappa shape index (κ2) is 7.97. The van der Waals surface area contributed by atoms with Gasteiger partial charge < -0.3 is 10.2 Å². The van der Waals surface area contributed by atoms with Crippen molar-refractivity contribution in [2.45, 2.75) is 45.6 Å². The van der Waals surface area contributed by atoms with Gasteiger partial charge in [0.2, 0.25) is 11.8 Å². The molecule has 0 saturated carbocycles. The zero-order valence-electron chi connectivity index (χ0n) is 13.5. The van der Waals surface area contributed by atoms with Gasteiger partial charge in [0.1, 0.15) is 0 Å². The number of benzene rings is 1. The van der Waals surface area contributed by atoms with Crippen LogP contribution in [0.1, 0.15) is 38.7 Å². The lowest BCUT2D eigenvalue weighted by atomic mass is 10.1. The van der Waals surface area contributed by atoms with Crippen molar-refractivity contribution < 1.29 is 9.59 Å². The van der Waals surface area contributed by atoms with E-state index in [1.807, 2.05) is 30.0 Å². The molecule has 1 N–H and O–H groups in total. The van der Waals surface area contributed by atoms with Gasteiger partial charge in [-0.1, -0.05) is 37.3 Å². The van der Waals surface area contributed by atoms with Gasteiger partial charge in [-0.25, -0.2) is 0 Å². The summed E-state index contributed by atoms with van der Waals surface area (Å²) < 4.78 is 0. The van der Waals surface area contributed by atoms with Crippen molar-refractivity contribution in [2.75, 3.05) is 13.1 Å². The molecule has 1 aromatic carbocycles. The Labute approximate surface area is 132 Å². The second-order valence-electron chi connectivity index (χ2n) is 6.08. The second-order valence-corrected chi connectivity index (χ2v) is 6.08. The lowest BCUT2D eigenvalue weighted by Gasteiger charge is -2.23. The van der Waals surface area contributed by atoms with Crippen LogP contribution in [-0.2, 0) is 16.0 Å². The van der Waals surface area contributed by atoms with E-state index in [1.54, 1.807) is 0 Å². The van der Waals surface area contributed by atoms with Crippen molar-refractivity contribution in [3.63, 3.8) is 0 Å². The molecular weight excluding hydrogens is 276 g/mol.